The van der Waals surface area contributed by atoms with Gasteiger partial charge in [-0.15, -0.1) is 0 Å². The van der Waals surface area contributed by atoms with Crippen molar-refractivity contribution < 1.29 is 0 Å². The molecule has 0 radical (unpaired) electrons. The SMILES string of the molecule is CCC1CCCC(Nc2cccc3ccccc23)C1. The minimum atomic E-state index is 0.657. The number of fused-ring (bicyclic) bond motifs is 1. The maximum atomic E-state index is 3.79. The summed E-state index contributed by atoms with van der Waals surface area (Å²) in [6.07, 6.45) is 6.78. The van der Waals surface area contributed by atoms with Crippen molar-refractivity contribution in [1.29, 1.82) is 0 Å². The van der Waals surface area contributed by atoms with E-state index in [-0.39, 0.29) is 0 Å². The van der Waals surface area contributed by atoms with Crippen LogP contribution in [0.25, 0.3) is 10.8 Å². The van der Waals surface area contributed by atoms with Crippen molar-refractivity contribution in [2.75, 3.05) is 5.32 Å². The zero-order valence-corrected chi connectivity index (χ0v) is 11.7. The van der Waals surface area contributed by atoms with E-state index in [9.17, 15) is 0 Å². The molecule has 0 aliphatic heterocycles. The molecule has 1 nitrogen and oxygen atoms in total. The molecule has 3 rings (SSSR count). The van der Waals surface area contributed by atoms with Crippen molar-refractivity contribution >= 4 is 16.5 Å². The van der Waals surface area contributed by atoms with Gasteiger partial charge in [0.1, 0.15) is 0 Å². The first-order chi connectivity index (χ1) is 9.36. The molecular formula is C18H23N. The molecule has 2 aromatic rings. The summed E-state index contributed by atoms with van der Waals surface area (Å²) in [5.41, 5.74) is 1.31. The normalized spacial score (nSPS) is 23.4. The van der Waals surface area contributed by atoms with Crippen LogP contribution in [0.1, 0.15) is 39.0 Å². The lowest BCUT2D eigenvalue weighted by molar-refractivity contribution is 0.327. The molecule has 0 aromatic heterocycles. The average Bonchev–Trinajstić information content (AvgIpc) is 2.48. The van der Waals surface area contributed by atoms with Crippen molar-refractivity contribution in [2.24, 2.45) is 5.92 Å². The van der Waals surface area contributed by atoms with Gasteiger partial charge in [0, 0.05) is 17.1 Å². The minimum Gasteiger partial charge on any atom is -0.382 e. The number of rotatable bonds is 3. The van der Waals surface area contributed by atoms with Gasteiger partial charge < -0.3 is 5.32 Å². The maximum absolute atomic E-state index is 3.79. The topological polar surface area (TPSA) is 12.0 Å². The van der Waals surface area contributed by atoms with E-state index in [2.05, 4.69) is 54.7 Å². The van der Waals surface area contributed by atoms with Crippen LogP contribution in [0, 0.1) is 5.92 Å². The van der Waals surface area contributed by atoms with Gasteiger partial charge in [-0.25, -0.2) is 0 Å². The summed E-state index contributed by atoms with van der Waals surface area (Å²) < 4.78 is 0. The largest absolute Gasteiger partial charge is 0.382 e. The summed E-state index contributed by atoms with van der Waals surface area (Å²) in [7, 11) is 0. The number of hydrogen-bond donors (Lipinski definition) is 1. The molecule has 100 valence electrons. The quantitative estimate of drug-likeness (QED) is 0.790. The predicted octanol–water partition coefficient (Wildman–Crippen LogP) is 5.22. The van der Waals surface area contributed by atoms with Gasteiger partial charge in [-0.05, 0) is 30.2 Å². The van der Waals surface area contributed by atoms with Crippen molar-refractivity contribution in [2.45, 2.75) is 45.1 Å². The lowest BCUT2D eigenvalue weighted by atomic mass is 9.84. The van der Waals surface area contributed by atoms with Crippen LogP contribution in [0.5, 0.6) is 0 Å². The summed E-state index contributed by atoms with van der Waals surface area (Å²) in [6, 6.07) is 15.9. The summed E-state index contributed by atoms with van der Waals surface area (Å²) in [5.74, 6) is 0.918. The smallest absolute Gasteiger partial charge is 0.0422 e. The lowest BCUT2D eigenvalue weighted by Crippen LogP contribution is -2.27. The first kappa shape index (κ1) is 12.5. The Morgan fingerprint density at radius 2 is 1.89 bits per heavy atom. The fourth-order valence-electron chi connectivity index (χ4n) is 3.36. The summed E-state index contributed by atoms with van der Waals surface area (Å²) in [5, 5.41) is 6.47. The standard InChI is InChI=1S/C18H23N/c1-2-14-7-5-10-16(13-14)19-18-12-6-9-15-8-3-4-11-17(15)18/h3-4,6,8-9,11-12,14,16,19H,2,5,7,10,13H2,1H3. The van der Waals surface area contributed by atoms with Crippen LogP contribution in [0.3, 0.4) is 0 Å². The van der Waals surface area contributed by atoms with E-state index in [1.165, 1.54) is 48.6 Å². The van der Waals surface area contributed by atoms with Crippen LogP contribution in [-0.2, 0) is 0 Å². The van der Waals surface area contributed by atoms with Gasteiger partial charge in [0.05, 0.1) is 0 Å². The first-order valence-electron chi connectivity index (χ1n) is 7.61. The van der Waals surface area contributed by atoms with Gasteiger partial charge in [-0.2, -0.15) is 0 Å². The first-order valence-corrected chi connectivity index (χ1v) is 7.61. The van der Waals surface area contributed by atoms with Crippen molar-refractivity contribution in [3.63, 3.8) is 0 Å². The molecule has 1 aliphatic carbocycles. The van der Waals surface area contributed by atoms with Crippen LogP contribution in [-0.4, -0.2) is 6.04 Å². The molecule has 1 N–H and O–H groups in total. The number of benzene rings is 2. The molecule has 0 amide bonds. The van der Waals surface area contributed by atoms with E-state index in [0.29, 0.717) is 6.04 Å². The van der Waals surface area contributed by atoms with Gasteiger partial charge in [-0.1, -0.05) is 62.6 Å². The van der Waals surface area contributed by atoms with Crippen LogP contribution < -0.4 is 5.32 Å². The zero-order valence-electron chi connectivity index (χ0n) is 11.7. The van der Waals surface area contributed by atoms with E-state index in [1.807, 2.05) is 0 Å². The number of hydrogen-bond acceptors (Lipinski definition) is 1. The highest BCUT2D eigenvalue weighted by Crippen LogP contribution is 2.30. The molecule has 2 unspecified atom stereocenters. The fraction of sp³-hybridized carbons (Fsp3) is 0.444. The number of nitrogens with one attached hydrogen (secondary N) is 1. The van der Waals surface area contributed by atoms with Gasteiger partial charge in [0.15, 0.2) is 0 Å². The highest BCUT2D eigenvalue weighted by atomic mass is 14.9. The van der Waals surface area contributed by atoms with E-state index < -0.39 is 0 Å². The number of anilines is 1. The Morgan fingerprint density at radius 3 is 2.79 bits per heavy atom. The lowest BCUT2D eigenvalue weighted by Gasteiger charge is -2.30. The third kappa shape index (κ3) is 2.75. The maximum Gasteiger partial charge on any atom is 0.0422 e. The molecular weight excluding hydrogens is 230 g/mol. The Balaban J connectivity index is 1.81. The minimum absolute atomic E-state index is 0.657. The second-order valence-electron chi connectivity index (χ2n) is 5.81. The third-order valence-corrected chi connectivity index (χ3v) is 4.51. The van der Waals surface area contributed by atoms with Crippen molar-refractivity contribution in [3.8, 4) is 0 Å². The Kier molecular flexibility index (Phi) is 3.72. The molecule has 0 saturated heterocycles. The summed E-state index contributed by atoms with van der Waals surface area (Å²) in [4.78, 5) is 0. The fourth-order valence-corrected chi connectivity index (χ4v) is 3.36. The molecule has 0 bridgehead atoms. The Labute approximate surface area is 116 Å². The molecule has 0 heterocycles. The second-order valence-corrected chi connectivity index (χ2v) is 5.81. The molecule has 0 spiro atoms. The van der Waals surface area contributed by atoms with E-state index in [4.69, 9.17) is 0 Å². The van der Waals surface area contributed by atoms with Crippen LogP contribution >= 0.6 is 0 Å². The summed E-state index contributed by atoms with van der Waals surface area (Å²) >= 11 is 0. The molecule has 1 saturated carbocycles. The molecule has 1 heteroatoms. The highest BCUT2D eigenvalue weighted by molar-refractivity contribution is 5.93. The van der Waals surface area contributed by atoms with Gasteiger partial charge >= 0.3 is 0 Å². The highest BCUT2D eigenvalue weighted by Gasteiger charge is 2.20. The Hall–Kier alpha value is -1.50. The zero-order chi connectivity index (χ0) is 13.1. The average molecular weight is 253 g/mol. The molecule has 2 atom stereocenters. The second kappa shape index (κ2) is 5.64. The van der Waals surface area contributed by atoms with Crippen molar-refractivity contribution in [3.05, 3.63) is 42.5 Å². The molecule has 1 aliphatic rings. The van der Waals surface area contributed by atoms with Gasteiger partial charge in [0.25, 0.3) is 0 Å². The Morgan fingerprint density at radius 1 is 1.05 bits per heavy atom. The Bertz CT molecular complexity index is 541. The summed E-state index contributed by atoms with van der Waals surface area (Å²) in [6.45, 7) is 2.32. The molecule has 1 fully saturated rings. The van der Waals surface area contributed by atoms with Crippen molar-refractivity contribution in [1.82, 2.24) is 0 Å². The van der Waals surface area contributed by atoms with Crippen LogP contribution in [0.15, 0.2) is 42.5 Å². The predicted molar refractivity (Wildman–Crippen MR) is 83.6 cm³/mol. The van der Waals surface area contributed by atoms with Gasteiger partial charge in [-0.3, -0.25) is 0 Å². The van der Waals surface area contributed by atoms with E-state index >= 15 is 0 Å². The monoisotopic (exact) mass is 253 g/mol. The van der Waals surface area contributed by atoms with E-state index in [1.54, 1.807) is 0 Å². The van der Waals surface area contributed by atoms with Gasteiger partial charge in [0.2, 0.25) is 0 Å². The van der Waals surface area contributed by atoms with Crippen LogP contribution in [0.2, 0.25) is 0 Å². The third-order valence-electron chi connectivity index (χ3n) is 4.51. The van der Waals surface area contributed by atoms with E-state index in [0.717, 1.165) is 5.92 Å². The molecule has 19 heavy (non-hydrogen) atoms. The molecule has 2 aromatic carbocycles. The van der Waals surface area contributed by atoms with Crippen LogP contribution in [0.4, 0.5) is 5.69 Å².